The van der Waals surface area contributed by atoms with Crippen molar-refractivity contribution in [3.63, 3.8) is 0 Å². The number of hydrogen-bond donors (Lipinski definition) is 3. The molecule has 0 aliphatic carbocycles. The topological polar surface area (TPSA) is 105 Å². The first kappa shape index (κ1) is 18.7. The van der Waals surface area contributed by atoms with Crippen molar-refractivity contribution in [3.8, 4) is 5.75 Å². The maximum absolute atomic E-state index is 12.3. The smallest absolute Gasteiger partial charge is 0.265 e. The number of nitrogens with one attached hydrogen (secondary N) is 3. The van der Waals surface area contributed by atoms with Crippen molar-refractivity contribution in [1.29, 1.82) is 0 Å². The number of rotatable bonds is 5. The van der Waals surface area contributed by atoms with Crippen LogP contribution in [0.1, 0.15) is 18.9 Å². The lowest BCUT2D eigenvalue weighted by Gasteiger charge is -2.23. The van der Waals surface area contributed by atoms with Crippen LogP contribution in [0.3, 0.4) is 0 Å². The average Bonchev–Trinajstić information content (AvgIpc) is 2.69. The summed E-state index contributed by atoms with van der Waals surface area (Å²) in [5, 5.41) is 9.73. The van der Waals surface area contributed by atoms with Gasteiger partial charge in [0, 0.05) is 24.0 Å². The predicted octanol–water partition coefficient (Wildman–Crippen LogP) is 3.10. The Morgan fingerprint density at radius 1 is 1.21 bits per heavy atom. The van der Waals surface area contributed by atoms with E-state index >= 15 is 0 Å². The molecule has 0 bridgehead atoms. The van der Waals surface area contributed by atoms with E-state index in [-0.39, 0.29) is 18.2 Å². The van der Waals surface area contributed by atoms with Crippen molar-refractivity contribution in [2.45, 2.75) is 26.4 Å². The number of aryl methyl sites for hydroxylation is 1. The minimum atomic E-state index is -0.532. The summed E-state index contributed by atoms with van der Waals surface area (Å²) in [6.45, 7) is 4.12. The van der Waals surface area contributed by atoms with E-state index in [1.807, 2.05) is 25.1 Å². The molecule has 3 aromatic rings. The summed E-state index contributed by atoms with van der Waals surface area (Å²) in [7, 11) is 0. The molecule has 3 N–H and O–H groups in total. The number of aromatic nitrogens is 2. The van der Waals surface area contributed by atoms with Crippen molar-refractivity contribution in [2.75, 3.05) is 22.5 Å². The number of anilines is 3. The van der Waals surface area contributed by atoms with Crippen LogP contribution >= 0.6 is 0 Å². The third-order valence-electron chi connectivity index (χ3n) is 4.63. The first-order valence-electron chi connectivity index (χ1n) is 9.36. The zero-order valence-electron chi connectivity index (χ0n) is 16.2. The number of fused-ring (bicyclic) bond motifs is 2. The number of carbonyl (C=O) groups is 2. The fraction of sp³-hybridized carbons (Fsp3) is 0.238. The number of benzene rings is 2. The molecule has 0 fully saturated rings. The standard InChI is InChI=1S/C21H21N5O3/c1-12-3-5-16-15(9-12)20(24-11-23-16)22-8-7-19(27)25-14-4-6-18-17(10-14)26-21(28)13(2)29-18/h3-6,9-11,13H,7-8H2,1-2H3,(H,25,27)(H,26,28)(H,22,23,24)/t13-/m0/s1. The second-order valence-corrected chi connectivity index (χ2v) is 6.93. The van der Waals surface area contributed by atoms with Crippen molar-refractivity contribution < 1.29 is 14.3 Å². The van der Waals surface area contributed by atoms with E-state index in [0.717, 1.165) is 16.5 Å². The zero-order chi connectivity index (χ0) is 20.4. The van der Waals surface area contributed by atoms with Gasteiger partial charge in [-0.05, 0) is 44.2 Å². The Labute approximate surface area is 167 Å². The van der Waals surface area contributed by atoms with Gasteiger partial charge in [0.25, 0.3) is 5.91 Å². The molecule has 8 heteroatoms. The van der Waals surface area contributed by atoms with Crippen molar-refractivity contribution in [3.05, 3.63) is 48.3 Å². The molecule has 8 nitrogen and oxygen atoms in total. The molecule has 148 valence electrons. The van der Waals surface area contributed by atoms with Crippen LogP contribution < -0.4 is 20.7 Å². The third kappa shape index (κ3) is 4.11. The Bertz CT molecular complexity index is 1100. The van der Waals surface area contributed by atoms with E-state index in [4.69, 9.17) is 4.74 Å². The van der Waals surface area contributed by atoms with Crippen molar-refractivity contribution in [1.82, 2.24) is 9.97 Å². The molecule has 1 aliphatic heterocycles. The summed E-state index contributed by atoms with van der Waals surface area (Å²) >= 11 is 0. The second-order valence-electron chi connectivity index (χ2n) is 6.93. The van der Waals surface area contributed by atoms with Crippen LogP contribution in [-0.4, -0.2) is 34.4 Å². The van der Waals surface area contributed by atoms with Crippen LogP contribution in [0, 0.1) is 6.92 Å². The van der Waals surface area contributed by atoms with Crippen LogP contribution in [0.5, 0.6) is 5.75 Å². The highest BCUT2D eigenvalue weighted by Crippen LogP contribution is 2.32. The number of carbonyl (C=O) groups excluding carboxylic acids is 2. The molecule has 1 atom stereocenters. The Hall–Kier alpha value is -3.68. The van der Waals surface area contributed by atoms with Crippen LogP contribution in [0.15, 0.2) is 42.7 Å². The zero-order valence-corrected chi connectivity index (χ0v) is 16.2. The molecule has 1 aromatic heterocycles. The maximum atomic E-state index is 12.3. The quantitative estimate of drug-likeness (QED) is 0.617. The fourth-order valence-corrected chi connectivity index (χ4v) is 3.12. The van der Waals surface area contributed by atoms with E-state index in [9.17, 15) is 9.59 Å². The first-order valence-corrected chi connectivity index (χ1v) is 9.36. The summed E-state index contributed by atoms with van der Waals surface area (Å²) in [6.07, 6.45) is 1.23. The molecule has 0 unspecified atom stereocenters. The summed E-state index contributed by atoms with van der Waals surface area (Å²) < 4.78 is 5.51. The van der Waals surface area contributed by atoms with E-state index < -0.39 is 6.10 Å². The van der Waals surface area contributed by atoms with Crippen molar-refractivity contribution >= 4 is 39.9 Å². The minimum absolute atomic E-state index is 0.150. The van der Waals surface area contributed by atoms with Crippen LogP contribution in [-0.2, 0) is 9.59 Å². The van der Waals surface area contributed by atoms with Crippen molar-refractivity contribution in [2.24, 2.45) is 0 Å². The van der Waals surface area contributed by atoms with E-state index in [2.05, 4.69) is 25.9 Å². The molecule has 1 aliphatic rings. The molecule has 0 saturated heterocycles. The average molecular weight is 391 g/mol. The highest BCUT2D eigenvalue weighted by atomic mass is 16.5. The SMILES string of the molecule is Cc1ccc2ncnc(NCCC(=O)Nc3ccc4c(c3)NC(=O)[C@H](C)O4)c2c1. The van der Waals surface area contributed by atoms with Gasteiger partial charge < -0.3 is 20.7 Å². The third-order valence-corrected chi connectivity index (χ3v) is 4.63. The van der Waals surface area contributed by atoms with E-state index in [1.165, 1.54) is 6.33 Å². The van der Waals surface area contributed by atoms with E-state index in [0.29, 0.717) is 29.5 Å². The van der Waals surface area contributed by atoms with Gasteiger partial charge in [0.2, 0.25) is 5.91 Å². The summed E-state index contributed by atoms with van der Waals surface area (Å²) in [5.41, 5.74) is 3.11. The summed E-state index contributed by atoms with van der Waals surface area (Å²) in [4.78, 5) is 32.6. The molecule has 0 spiro atoms. The Morgan fingerprint density at radius 3 is 2.93 bits per heavy atom. The normalized spacial score (nSPS) is 15.2. The highest BCUT2D eigenvalue weighted by Gasteiger charge is 2.23. The molecule has 0 saturated carbocycles. The maximum Gasteiger partial charge on any atom is 0.265 e. The lowest BCUT2D eigenvalue weighted by molar-refractivity contribution is -0.122. The lowest BCUT2D eigenvalue weighted by Crippen LogP contribution is -2.34. The highest BCUT2D eigenvalue weighted by molar-refractivity contribution is 5.99. The monoisotopic (exact) mass is 391 g/mol. The molecule has 4 rings (SSSR count). The largest absolute Gasteiger partial charge is 0.479 e. The number of ether oxygens (including phenoxy) is 1. The van der Waals surface area contributed by atoms with Gasteiger partial charge in [-0.3, -0.25) is 9.59 Å². The fourth-order valence-electron chi connectivity index (χ4n) is 3.12. The molecule has 0 radical (unpaired) electrons. The van der Waals surface area contributed by atoms with Crippen LogP contribution in [0.25, 0.3) is 10.9 Å². The Morgan fingerprint density at radius 2 is 2.07 bits per heavy atom. The number of hydrogen-bond acceptors (Lipinski definition) is 6. The predicted molar refractivity (Wildman–Crippen MR) is 111 cm³/mol. The first-order chi connectivity index (χ1) is 14.0. The molecule has 2 amide bonds. The van der Waals surface area contributed by atoms with Gasteiger partial charge >= 0.3 is 0 Å². The number of nitrogens with zero attached hydrogens (tertiary/aromatic N) is 2. The molecule has 2 heterocycles. The minimum Gasteiger partial charge on any atom is -0.479 e. The molecule has 29 heavy (non-hydrogen) atoms. The van der Waals surface area contributed by atoms with E-state index in [1.54, 1.807) is 25.1 Å². The van der Waals surface area contributed by atoms with Gasteiger partial charge in [0.1, 0.15) is 17.9 Å². The van der Waals surface area contributed by atoms with Crippen LogP contribution in [0.4, 0.5) is 17.2 Å². The summed E-state index contributed by atoms with van der Waals surface area (Å²) in [6, 6.07) is 11.1. The molecular weight excluding hydrogens is 370 g/mol. The molecular formula is C21H21N5O3. The van der Waals surface area contributed by atoms with Crippen LogP contribution in [0.2, 0.25) is 0 Å². The van der Waals surface area contributed by atoms with Gasteiger partial charge in [-0.25, -0.2) is 9.97 Å². The van der Waals surface area contributed by atoms with Gasteiger partial charge in [-0.1, -0.05) is 11.6 Å². The second kappa shape index (κ2) is 7.75. The summed E-state index contributed by atoms with van der Waals surface area (Å²) in [5.74, 6) is 0.929. The lowest BCUT2D eigenvalue weighted by atomic mass is 10.1. The van der Waals surface area contributed by atoms with Gasteiger partial charge in [0.05, 0.1) is 11.2 Å². The molecule has 2 aromatic carbocycles. The Balaban J connectivity index is 1.36. The van der Waals surface area contributed by atoms with Gasteiger partial charge in [-0.2, -0.15) is 0 Å². The van der Waals surface area contributed by atoms with Gasteiger partial charge in [0.15, 0.2) is 6.10 Å². The number of amides is 2. The Kier molecular flexibility index (Phi) is 4.99. The van der Waals surface area contributed by atoms with Gasteiger partial charge in [-0.15, -0.1) is 0 Å².